The van der Waals surface area contributed by atoms with Crippen LogP contribution in [0, 0.1) is 16.0 Å². The molecule has 1 atom stereocenters. The Morgan fingerprint density at radius 2 is 2.05 bits per heavy atom. The van der Waals surface area contributed by atoms with E-state index in [0.29, 0.717) is 18.8 Å². The van der Waals surface area contributed by atoms with Crippen LogP contribution in [0.3, 0.4) is 0 Å². The molecule has 0 spiro atoms. The van der Waals surface area contributed by atoms with Gasteiger partial charge in [-0.2, -0.15) is 0 Å². The minimum atomic E-state index is -0.835. The number of carboxylic acid groups (broad SMARTS) is 1. The average Bonchev–Trinajstić information content (AvgIpc) is 2.75. The maximum Gasteiger partial charge on any atom is 0.303 e. The molecule has 2 rings (SSSR count). The Morgan fingerprint density at radius 3 is 2.55 bits per heavy atom. The number of nitrogens with zero attached hydrogens (tertiary/aromatic N) is 2. The second-order valence-corrected chi connectivity index (χ2v) is 5.53. The van der Waals surface area contributed by atoms with Crippen LogP contribution < -0.4 is 4.90 Å². The summed E-state index contributed by atoms with van der Waals surface area (Å²) in [6.45, 7) is 1.17. The molecule has 20 heavy (non-hydrogen) atoms. The van der Waals surface area contributed by atoms with E-state index in [-0.39, 0.29) is 28.1 Å². The van der Waals surface area contributed by atoms with Gasteiger partial charge in [0.05, 0.1) is 20.7 Å². The number of nitro groups is 1. The number of halogens is 2. The number of rotatable bonds is 4. The van der Waals surface area contributed by atoms with Crippen LogP contribution in [0.5, 0.6) is 0 Å². The van der Waals surface area contributed by atoms with Crippen LogP contribution in [-0.2, 0) is 4.79 Å². The second kappa shape index (κ2) is 5.85. The Kier molecular flexibility index (Phi) is 4.35. The van der Waals surface area contributed by atoms with E-state index in [1.54, 1.807) is 0 Å². The predicted octanol–water partition coefficient (Wildman–Crippen LogP) is 3.20. The van der Waals surface area contributed by atoms with Gasteiger partial charge in [0.2, 0.25) is 0 Å². The Hall–Kier alpha value is -1.53. The van der Waals surface area contributed by atoms with Crippen molar-refractivity contribution in [2.75, 3.05) is 18.0 Å². The highest BCUT2D eigenvalue weighted by atomic mass is 35.5. The molecule has 1 aliphatic heterocycles. The molecule has 6 nitrogen and oxygen atoms in total. The predicted molar refractivity (Wildman–Crippen MR) is 75.7 cm³/mol. The van der Waals surface area contributed by atoms with E-state index < -0.39 is 10.9 Å². The van der Waals surface area contributed by atoms with Gasteiger partial charge in [-0.1, -0.05) is 23.2 Å². The fourth-order valence-electron chi connectivity index (χ4n) is 2.41. The van der Waals surface area contributed by atoms with Crippen LogP contribution in [0.15, 0.2) is 12.1 Å². The summed E-state index contributed by atoms with van der Waals surface area (Å²) in [5, 5.41) is 19.9. The highest BCUT2D eigenvalue weighted by Gasteiger charge is 2.28. The third-order valence-corrected chi connectivity index (χ3v) is 3.85. The second-order valence-electron chi connectivity index (χ2n) is 4.71. The van der Waals surface area contributed by atoms with Crippen molar-refractivity contribution < 1.29 is 14.8 Å². The number of anilines is 1. The number of carboxylic acids is 1. The molecule has 1 aromatic rings. The molecule has 0 aromatic heterocycles. The SMILES string of the molecule is O=C(O)CC1CCN(c2c(Cl)cc([N+](=O)[O-])cc2Cl)C1. The Balaban J connectivity index is 2.22. The quantitative estimate of drug-likeness (QED) is 0.680. The van der Waals surface area contributed by atoms with Crippen LogP contribution in [0.1, 0.15) is 12.8 Å². The highest BCUT2D eigenvalue weighted by Crippen LogP contribution is 2.39. The van der Waals surface area contributed by atoms with Crippen molar-refractivity contribution in [2.45, 2.75) is 12.8 Å². The van der Waals surface area contributed by atoms with E-state index in [1.165, 1.54) is 12.1 Å². The van der Waals surface area contributed by atoms with Gasteiger partial charge in [-0.15, -0.1) is 0 Å². The van der Waals surface area contributed by atoms with Crippen LogP contribution in [0.25, 0.3) is 0 Å². The summed E-state index contributed by atoms with van der Waals surface area (Å²) in [4.78, 5) is 22.7. The lowest BCUT2D eigenvalue weighted by Crippen LogP contribution is -2.21. The molecule has 1 fully saturated rings. The summed E-state index contributed by atoms with van der Waals surface area (Å²) < 4.78 is 0. The van der Waals surface area contributed by atoms with Crippen LogP contribution >= 0.6 is 23.2 Å². The summed E-state index contributed by atoms with van der Waals surface area (Å²) >= 11 is 12.1. The summed E-state index contributed by atoms with van der Waals surface area (Å²) in [6, 6.07) is 2.51. The highest BCUT2D eigenvalue weighted by molar-refractivity contribution is 6.39. The fourth-order valence-corrected chi connectivity index (χ4v) is 3.12. The fraction of sp³-hybridized carbons (Fsp3) is 0.417. The zero-order chi connectivity index (χ0) is 14.9. The molecule has 1 unspecified atom stereocenters. The zero-order valence-corrected chi connectivity index (χ0v) is 11.9. The van der Waals surface area contributed by atoms with E-state index in [1.807, 2.05) is 4.90 Å². The van der Waals surface area contributed by atoms with E-state index in [9.17, 15) is 14.9 Å². The van der Waals surface area contributed by atoms with E-state index in [4.69, 9.17) is 28.3 Å². The molecule has 108 valence electrons. The minimum Gasteiger partial charge on any atom is -0.481 e. The Morgan fingerprint density at radius 1 is 1.45 bits per heavy atom. The number of non-ortho nitro benzene ring substituents is 1. The average molecular weight is 319 g/mol. The first-order valence-electron chi connectivity index (χ1n) is 5.98. The largest absolute Gasteiger partial charge is 0.481 e. The third-order valence-electron chi connectivity index (χ3n) is 3.28. The van der Waals surface area contributed by atoms with Crippen LogP contribution in [0.4, 0.5) is 11.4 Å². The van der Waals surface area contributed by atoms with Gasteiger partial charge in [-0.3, -0.25) is 14.9 Å². The normalized spacial score (nSPS) is 18.3. The van der Waals surface area contributed by atoms with Crippen molar-refractivity contribution >= 4 is 40.5 Å². The van der Waals surface area contributed by atoms with Crippen molar-refractivity contribution in [1.29, 1.82) is 0 Å². The minimum absolute atomic E-state index is 0.0369. The number of benzene rings is 1. The summed E-state index contributed by atoms with van der Waals surface area (Å²) in [5.74, 6) is -0.799. The first-order chi connectivity index (χ1) is 9.38. The molecule has 0 aliphatic carbocycles. The van der Waals surface area contributed by atoms with Gasteiger partial charge in [0, 0.05) is 31.6 Å². The molecule has 1 N–H and O–H groups in total. The topological polar surface area (TPSA) is 83.7 Å². The molecule has 0 bridgehead atoms. The summed E-state index contributed by atoms with van der Waals surface area (Å²) in [5.41, 5.74) is 0.372. The number of nitro benzene ring substituents is 1. The molecule has 0 radical (unpaired) electrons. The van der Waals surface area contributed by atoms with Crippen molar-refractivity contribution in [3.05, 3.63) is 32.3 Å². The smallest absolute Gasteiger partial charge is 0.303 e. The van der Waals surface area contributed by atoms with Crippen molar-refractivity contribution in [1.82, 2.24) is 0 Å². The Bertz CT molecular complexity index is 541. The van der Waals surface area contributed by atoms with Gasteiger partial charge >= 0.3 is 5.97 Å². The van der Waals surface area contributed by atoms with Gasteiger partial charge in [0.25, 0.3) is 5.69 Å². The third kappa shape index (κ3) is 3.13. The molecular weight excluding hydrogens is 307 g/mol. The van der Waals surface area contributed by atoms with Crippen LogP contribution in [-0.4, -0.2) is 29.1 Å². The molecule has 1 aromatic carbocycles. The van der Waals surface area contributed by atoms with Gasteiger partial charge < -0.3 is 10.0 Å². The lowest BCUT2D eigenvalue weighted by molar-refractivity contribution is -0.384. The van der Waals surface area contributed by atoms with Crippen molar-refractivity contribution in [3.63, 3.8) is 0 Å². The molecule has 0 saturated carbocycles. The molecule has 0 amide bonds. The van der Waals surface area contributed by atoms with Gasteiger partial charge in [0.1, 0.15) is 0 Å². The number of carbonyl (C=O) groups is 1. The molecule has 1 aliphatic rings. The monoisotopic (exact) mass is 318 g/mol. The lowest BCUT2D eigenvalue weighted by atomic mass is 10.1. The molecule has 1 saturated heterocycles. The van der Waals surface area contributed by atoms with E-state index >= 15 is 0 Å². The molecule has 1 heterocycles. The van der Waals surface area contributed by atoms with Gasteiger partial charge in [0.15, 0.2) is 0 Å². The maximum atomic E-state index is 10.7. The van der Waals surface area contributed by atoms with Crippen molar-refractivity contribution in [3.8, 4) is 0 Å². The maximum absolute atomic E-state index is 10.7. The summed E-state index contributed by atoms with van der Waals surface area (Å²) in [6.07, 6.45) is 0.828. The Labute approximate surface area is 125 Å². The lowest BCUT2D eigenvalue weighted by Gasteiger charge is -2.21. The molecule has 8 heteroatoms. The standard InChI is InChI=1S/C12H12Cl2N2O4/c13-9-4-8(16(19)20)5-10(14)12(9)15-2-1-7(6-15)3-11(17)18/h4-5,7H,1-3,6H2,(H,17,18). The summed E-state index contributed by atoms with van der Waals surface area (Å²) in [7, 11) is 0. The first-order valence-corrected chi connectivity index (χ1v) is 6.74. The van der Waals surface area contributed by atoms with Crippen molar-refractivity contribution in [2.24, 2.45) is 5.92 Å². The molecular formula is C12H12Cl2N2O4. The van der Waals surface area contributed by atoms with E-state index in [0.717, 1.165) is 6.42 Å². The van der Waals surface area contributed by atoms with E-state index in [2.05, 4.69) is 0 Å². The van der Waals surface area contributed by atoms with Gasteiger partial charge in [-0.05, 0) is 12.3 Å². The number of hydrogen-bond acceptors (Lipinski definition) is 4. The van der Waals surface area contributed by atoms with Gasteiger partial charge in [-0.25, -0.2) is 0 Å². The first kappa shape index (κ1) is 14.9. The van der Waals surface area contributed by atoms with Crippen LogP contribution in [0.2, 0.25) is 10.0 Å². The number of aliphatic carboxylic acids is 1. The number of hydrogen-bond donors (Lipinski definition) is 1. The zero-order valence-electron chi connectivity index (χ0n) is 10.4.